The Morgan fingerprint density at radius 1 is 1.20 bits per heavy atom. The maximum atomic E-state index is 6.01. The summed E-state index contributed by atoms with van der Waals surface area (Å²) in [6.45, 7) is 8.16. The van der Waals surface area contributed by atoms with Gasteiger partial charge in [-0.3, -0.25) is 0 Å². The third-order valence-electron chi connectivity index (χ3n) is 3.74. The first-order valence-corrected chi connectivity index (χ1v) is 7.91. The normalized spacial score (nSPS) is 20.6. The number of hydrogen-bond acceptors (Lipinski definition) is 5. The standard InChI is InChI=1S/C12H15BBrN3O2S/c1-11(2)12(3,4)19-13(18-11)9-6-15-10(20-9)17-7-8(14)5-16-17/h5-7H,1-4H3. The van der Waals surface area contributed by atoms with Crippen LogP contribution < -0.4 is 4.78 Å². The maximum absolute atomic E-state index is 6.01. The summed E-state index contributed by atoms with van der Waals surface area (Å²) in [7, 11) is -0.370. The van der Waals surface area contributed by atoms with E-state index in [0.717, 1.165) is 14.4 Å². The minimum absolute atomic E-state index is 0.337. The molecule has 0 radical (unpaired) electrons. The Morgan fingerprint density at radius 2 is 1.85 bits per heavy atom. The van der Waals surface area contributed by atoms with E-state index in [1.54, 1.807) is 17.1 Å². The minimum atomic E-state index is -0.370. The number of aromatic nitrogens is 3. The molecule has 8 heteroatoms. The molecule has 0 aliphatic carbocycles. The highest BCUT2D eigenvalue weighted by atomic mass is 79.9. The van der Waals surface area contributed by atoms with Crippen molar-refractivity contribution in [2.24, 2.45) is 0 Å². The third-order valence-corrected chi connectivity index (χ3v) is 5.16. The van der Waals surface area contributed by atoms with Gasteiger partial charge in [0.1, 0.15) is 0 Å². The predicted octanol–water partition coefficient (Wildman–Crippen LogP) is 2.39. The molecule has 0 atom stereocenters. The summed E-state index contributed by atoms with van der Waals surface area (Å²) in [4.78, 5) is 4.38. The van der Waals surface area contributed by atoms with Gasteiger partial charge in [0.25, 0.3) is 0 Å². The first-order chi connectivity index (χ1) is 9.28. The van der Waals surface area contributed by atoms with Gasteiger partial charge in [-0.05, 0) is 43.6 Å². The van der Waals surface area contributed by atoms with Crippen LogP contribution in [-0.2, 0) is 9.31 Å². The van der Waals surface area contributed by atoms with E-state index in [2.05, 4.69) is 26.0 Å². The summed E-state index contributed by atoms with van der Waals surface area (Å²) in [5.41, 5.74) is -0.674. The first-order valence-electron chi connectivity index (χ1n) is 6.30. The van der Waals surface area contributed by atoms with Crippen LogP contribution in [0.4, 0.5) is 0 Å². The zero-order valence-corrected chi connectivity index (χ0v) is 14.2. The van der Waals surface area contributed by atoms with Gasteiger partial charge in [-0.25, -0.2) is 9.67 Å². The van der Waals surface area contributed by atoms with Gasteiger partial charge in [0.05, 0.1) is 26.6 Å². The van der Waals surface area contributed by atoms with Crippen molar-refractivity contribution in [2.45, 2.75) is 38.9 Å². The van der Waals surface area contributed by atoms with E-state index in [-0.39, 0.29) is 18.3 Å². The van der Waals surface area contributed by atoms with E-state index in [1.165, 1.54) is 11.3 Å². The number of halogens is 1. The lowest BCUT2D eigenvalue weighted by Gasteiger charge is -2.32. The lowest BCUT2D eigenvalue weighted by molar-refractivity contribution is 0.00578. The van der Waals surface area contributed by atoms with Crippen LogP contribution in [0.5, 0.6) is 0 Å². The molecule has 0 amide bonds. The van der Waals surface area contributed by atoms with Crippen LogP contribution in [0, 0.1) is 0 Å². The van der Waals surface area contributed by atoms with Crippen LogP contribution in [-0.4, -0.2) is 33.1 Å². The quantitative estimate of drug-likeness (QED) is 0.776. The van der Waals surface area contributed by atoms with Crippen LogP contribution in [0.1, 0.15) is 27.7 Å². The van der Waals surface area contributed by atoms with Crippen LogP contribution in [0.15, 0.2) is 23.1 Å². The molecule has 0 aromatic carbocycles. The van der Waals surface area contributed by atoms with Gasteiger partial charge in [-0.15, -0.1) is 11.3 Å². The predicted molar refractivity (Wildman–Crippen MR) is 82.7 cm³/mol. The van der Waals surface area contributed by atoms with Crippen molar-refractivity contribution in [3.63, 3.8) is 0 Å². The average molecular weight is 356 g/mol. The second-order valence-corrected chi connectivity index (χ2v) is 7.69. The Morgan fingerprint density at radius 3 is 2.40 bits per heavy atom. The molecular weight excluding hydrogens is 341 g/mol. The fraction of sp³-hybridized carbons (Fsp3) is 0.500. The smallest absolute Gasteiger partial charge is 0.399 e. The Bertz CT molecular complexity index is 624. The Kier molecular flexibility index (Phi) is 3.32. The Balaban J connectivity index is 1.85. The van der Waals surface area contributed by atoms with Crippen molar-refractivity contribution in [1.82, 2.24) is 14.8 Å². The SMILES string of the molecule is CC1(C)OB(c2cnc(-n3cc(Br)cn3)s2)OC1(C)C. The molecule has 1 aliphatic heterocycles. The second-order valence-electron chi connectivity index (χ2n) is 5.74. The van der Waals surface area contributed by atoms with E-state index in [4.69, 9.17) is 9.31 Å². The van der Waals surface area contributed by atoms with Gasteiger partial charge in [0, 0.05) is 12.4 Å². The fourth-order valence-electron chi connectivity index (χ4n) is 1.86. The summed E-state index contributed by atoms with van der Waals surface area (Å²) in [6, 6.07) is 0. The second kappa shape index (κ2) is 4.66. The average Bonchev–Trinajstić information content (AvgIpc) is 2.98. The van der Waals surface area contributed by atoms with Crippen molar-refractivity contribution < 1.29 is 9.31 Å². The number of nitrogens with zero attached hydrogens (tertiary/aromatic N) is 3. The molecule has 1 fully saturated rings. The van der Waals surface area contributed by atoms with Crippen LogP contribution in [0.25, 0.3) is 5.13 Å². The van der Waals surface area contributed by atoms with E-state index < -0.39 is 0 Å². The van der Waals surface area contributed by atoms with Crippen molar-refractivity contribution in [3.05, 3.63) is 23.1 Å². The Labute approximate surface area is 130 Å². The van der Waals surface area contributed by atoms with Gasteiger partial charge in [-0.1, -0.05) is 0 Å². The molecule has 0 N–H and O–H groups in total. The zero-order valence-electron chi connectivity index (χ0n) is 11.8. The molecule has 20 heavy (non-hydrogen) atoms. The third kappa shape index (κ3) is 2.34. The molecule has 2 aromatic heterocycles. The summed E-state index contributed by atoms with van der Waals surface area (Å²) in [6.07, 6.45) is 5.39. The number of rotatable bonds is 2. The molecule has 0 unspecified atom stereocenters. The molecule has 1 aliphatic rings. The van der Waals surface area contributed by atoms with E-state index in [1.807, 2.05) is 33.9 Å². The fourth-order valence-corrected chi connectivity index (χ4v) is 2.95. The van der Waals surface area contributed by atoms with Gasteiger partial charge in [-0.2, -0.15) is 5.10 Å². The van der Waals surface area contributed by atoms with Crippen molar-refractivity contribution >= 4 is 39.2 Å². The highest BCUT2D eigenvalue weighted by molar-refractivity contribution is 9.10. The molecule has 1 saturated heterocycles. The van der Waals surface area contributed by atoms with Crippen molar-refractivity contribution in [2.75, 3.05) is 0 Å². The summed E-state index contributed by atoms with van der Waals surface area (Å²) in [5.74, 6) is 0. The molecule has 0 spiro atoms. The zero-order chi connectivity index (χ0) is 14.5. The van der Waals surface area contributed by atoms with Gasteiger partial charge >= 0.3 is 7.12 Å². The monoisotopic (exact) mass is 355 g/mol. The topological polar surface area (TPSA) is 49.2 Å². The van der Waals surface area contributed by atoms with Crippen molar-refractivity contribution in [1.29, 1.82) is 0 Å². The van der Waals surface area contributed by atoms with E-state index in [9.17, 15) is 0 Å². The molecule has 0 saturated carbocycles. The highest BCUT2D eigenvalue weighted by Gasteiger charge is 2.52. The maximum Gasteiger partial charge on any atom is 0.507 e. The summed E-state index contributed by atoms with van der Waals surface area (Å²) >= 11 is 4.89. The van der Waals surface area contributed by atoms with Crippen LogP contribution in [0.3, 0.4) is 0 Å². The summed E-state index contributed by atoms with van der Waals surface area (Å²) < 4.78 is 15.6. The van der Waals surface area contributed by atoms with Gasteiger partial charge < -0.3 is 9.31 Å². The lowest BCUT2D eigenvalue weighted by Crippen LogP contribution is -2.41. The largest absolute Gasteiger partial charge is 0.507 e. The van der Waals surface area contributed by atoms with Crippen LogP contribution in [0.2, 0.25) is 0 Å². The molecule has 3 rings (SSSR count). The molecule has 2 aromatic rings. The molecule has 3 heterocycles. The molecule has 106 valence electrons. The van der Waals surface area contributed by atoms with Gasteiger partial charge in [0.2, 0.25) is 5.13 Å². The molecule has 5 nitrogen and oxygen atoms in total. The molecular formula is C12H15BBrN3O2S. The number of hydrogen-bond donors (Lipinski definition) is 0. The first kappa shape index (κ1) is 14.3. The van der Waals surface area contributed by atoms with Crippen LogP contribution >= 0.6 is 27.3 Å². The van der Waals surface area contributed by atoms with E-state index in [0.29, 0.717) is 0 Å². The van der Waals surface area contributed by atoms with Gasteiger partial charge in [0.15, 0.2) is 0 Å². The molecule has 0 bridgehead atoms. The highest BCUT2D eigenvalue weighted by Crippen LogP contribution is 2.36. The summed E-state index contributed by atoms with van der Waals surface area (Å²) in [5, 5.41) is 5.01. The van der Waals surface area contributed by atoms with E-state index >= 15 is 0 Å². The minimum Gasteiger partial charge on any atom is -0.399 e. The lowest BCUT2D eigenvalue weighted by atomic mass is 9.89. The number of thiazole rings is 1. The Hall–Kier alpha value is -0.695. The van der Waals surface area contributed by atoms with Crippen molar-refractivity contribution in [3.8, 4) is 5.13 Å².